The number of carbonyl (C=O) groups is 1. The monoisotopic (exact) mass is 252 g/mol. The first-order valence-corrected chi connectivity index (χ1v) is 5.89. The maximum atomic E-state index is 12.1. The van der Waals surface area contributed by atoms with E-state index in [1.54, 1.807) is 12.4 Å². The van der Waals surface area contributed by atoms with Gasteiger partial charge in [0.25, 0.3) is 5.91 Å². The fourth-order valence-electron chi connectivity index (χ4n) is 1.88. The van der Waals surface area contributed by atoms with Gasteiger partial charge in [-0.2, -0.15) is 0 Å². The van der Waals surface area contributed by atoms with Gasteiger partial charge >= 0.3 is 0 Å². The summed E-state index contributed by atoms with van der Waals surface area (Å²) in [4.78, 5) is 23.2. The number of carbonyl (C=O) groups excluding carboxylic acids is 1. The summed E-state index contributed by atoms with van der Waals surface area (Å²) in [6.07, 6.45) is 3.08. The van der Waals surface area contributed by atoms with Crippen LogP contribution in [0.2, 0.25) is 0 Å². The van der Waals surface area contributed by atoms with Crippen molar-refractivity contribution in [3.63, 3.8) is 0 Å². The van der Waals surface area contributed by atoms with E-state index in [1.165, 1.54) is 6.20 Å². The lowest BCUT2D eigenvalue weighted by atomic mass is 10.2. The number of anilines is 1. The first-order chi connectivity index (χ1) is 9.22. The van der Waals surface area contributed by atoms with Gasteiger partial charge in [0, 0.05) is 11.9 Å². The van der Waals surface area contributed by atoms with E-state index in [4.69, 9.17) is 0 Å². The Morgan fingerprint density at radius 2 is 2.16 bits per heavy atom. The summed E-state index contributed by atoms with van der Waals surface area (Å²) in [5.41, 5.74) is 3.72. The number of nitrogens with one attached hydrogen (secondary N) is 2. The van der Waals surface area contributed by atoms with Gasteiger partial charge in [-0.3, -0.25) is 4.79 Å². The summed E-state index contributed by atoms with van der Waals surface area (Å²) in [5, 5.41) is 2.84. The van der Waals surface area contributed by atoms with E-state index in [-0.39, 0.29) is 5.91 Å². The zero-order valence-electron chi connectivity index (χ0n) is 10.3. The van der Waals surface area contributed by atoms with E-state index in [0.29, 0.717) is 11.2 Å². The molecule has 2 heterocycles. The van der Waals surface area contributed by atoms with E-state index in [0.717, 1.165) is 16.8 Å². The van der Waals surface area contributed by atoms with Crippen molar-refractivity contribution in [3.8, 4) is 0 Å². The molecule has 1 amide bonds. The van der Waals surface area contributed by atoms with Crippen LogP contribution in [0.3, 0.4) is 0 Å². The van der Waals surface area contributed by atoms with Gasteiger partial charge in [0.15, 0.2) is 5.65 Å². The van der Waals surface area contributed by atoms with Crippen molar-refractivity contribution in [3.05, 3.63) is 54.0 Å². The fourth-order valence-corrected chi connectivity index (χ4v) is 1.88. The molecular formula is C14H12N4O. The average molecular weight is 252 g/mol. The fraction of sp³-hybridized carbons (Fsp3) is 0.0714. The lowest BCUT2D eigenvalue weighted by Crippen LogP contribution is -2.12. The van der Waals surface area contributed by atoms with Gasteiger partial charge in [0.05, 0.1) is 17.4 Å². The molecule has 0 bridgehead atoms. The van der Waals surface area contributed by atoms with Gasteiger partial charge in [-0.05, 0) is 30.7 Å². The summed E-state index contributed by atoms with van der Waals surface area (Å²) in [6.45, 7) is 1.98. The number of H-pyrrole nitrogens is 1. The van der Waals surface area contributed by atoms with Gasteiger partial charge < -0.3 is 10.3 Å². The van der Waals surface area contributed by atoms with Gasteiger partial charge in [0.1, 0.15) is 0 Å². The molecule has 1 aromatic carbocycles. The highest BCUT2D eigenvalue weighted by Crippen LogP contribution is 2.13. The van der Waals surface area contributed by atoms with E-state index < -0.39 is 0 Å². The third-order valence-corrected chi connectivity index (χ3v) is 2.81. The molecule has 0 fully saturated rings. The van der Waals surface area contributed by atoms with Gasteiger partial charge in [0.2, 0.25) is 0 Å². The Hall–Kier alpha value is -2.69. The van der Waals surface area contributed by atoms with Crippen molar-refractivity contribution in [2.75, 3.05) is 5.32 Å². The minimum atomic E-state index is -0.186. The number of imidazole rings is 1. The molecule has 0 unspecified atom stereocenters. The molecule has 3 aromatic rings. The van der Waals surface area contributed by atoms with Crippen LogP contribution in [0.15, 0.2) is 42.9 Å². The largest absolute Gasteiger partial charge is 0.343 e. The predicted octanol–water partition coefficient (Wildman–Crippen LogP) is 2.52. The summed E-state index contributed by atoms with van der Waals surface area (Å²) >= 11 is 0. The highest BCUT2D eigenvalue weighted by molar-refractivity contribution is 6.05. The molecular weight excluding hydrogens is 240 g/mol. The molecule has 19 heavy (non-hydrogen) atoms. The number of pyridine rings is 1. The number of rotatable bonds is 2. The molecule has 5 heteroatoms. The Bertz CT molecular complexity index is 748. The number of aryl methyl sites for hydroxylation is 1. The lowest BCUT2D eigenvalue weighted by molar-refractivity contribution is 0.102. The first kappa shape index (κ1) is 11.4. The molecule has 3 rings (SSSR count). The van der Waals surface area contributed by atoms with Crippen molar-refractivity contribution in [1.29, 1.82) is 0 Å². The molecule has 0 saturated carbocycles. The number of benzene rings is 1. The summed E-state index contributed by atoms with van der Waals surface area (Å²) in [7, 11) is 0. The molecule has 0 saturated heterocycles. The Labute approximate surface area is 109 Å². The number of nitrogens with zero attached hydrogens (tertiary/aromatic N) is 2. The highest BCUT2D eigenvalue weighted by atomic mass is 16.1. The second-order valence-corrected chi connectivity index (χ2v) is 4.32. The molecule has 0 aliphatic rings. The normalized spacial score (nSPS) is 10.6. The molecule has 94 valence electrons. The number of aromatic amines is 1. The summed E-state index contributed by atoms with van der Waals surface area (Å²) in [6, 6.07) is 9.39. The van der Waals surface area contributed by atoms with Crippen molar-refractivity contribution >= 4 is 22.8 Å². The third kappa shape index (κ3) is 2.30. The standard InChI is InChI=1S/C14H12N4O/c1-9-3-2-4-11(5-9)18-14(19)10-6-12-13(15-7-10)17-8-16-12/h2-8H,1H3,(H,18,19)(H,15,16,17). The van der Waals surface area contributed by atoms with Crippen LogP contribution >= 0.6 is 0 Å². The number of amides is 1. The Kier molecular flexibility index (Phi) is 2.72. The minimum absolute atomic E-state index is 0.186. The number of aromatic nitrogens is 3. The average Bonchev–Trinajstić information content (AvgIpc) is 2.85. The maximum Gasteiger partial charge on any atom is 0.257 e. The SMILES string of the molecule is Cc1cccc(NC(=O)c2cnc3nc[nH]c3c2)c1. The molecule has 2 N–H and O–H groups in total. The zero-order chi connectivity index (χ0) is 13.2. The second kappa shape index (κ2) is 4.53. The van der Waals surface area contributed by atoms with Crippen molar-refractivity contribution in [2.24, 2.45) is 0 Å². The Morgan fingerprint density at radius 1 is 1.26 bits per heavy atom. The smallest absolute Gasteiger partial charge is 0.257 e. The van der Waals surface area contributed by atoms with Crippen LogP contribution in [0.25, 0.3) is 11.2 Å². The molecule has 2 aromatic heterocycles. The molecule has 5 nitrogen and oxygen atoms in total. The van der Waals surface area contributed by atoms with Crippen LogP contribution in [-0.2, 0) is 0 Å². The number of hydrogen-bond acceptors (Lipinski definition) is 3. The lowest BCUT2D eigenvalue weighted by Gasteiger charge is -2.05. The van der Waals surface area contributed by atoms with Crippen LogP contribution in [0.5, 0.6) is 0 Å². The van der Waals surface area contributed by atoms with Crippen LogP contribution in [-0.4, -0.2) is 20.9 Å². The van der Waals surface area contributed by atoms with Crippen molar-refractivity contribution in [2.45, 2.75) is 6.92 Å². The Morgan fingerprint density at radius 3 is 3.00 bits per heavy atom. The van der Waals surface area contributed by atoms with Crippen LogP contribution in [0, 0.1) is 6.92 Å². The number of hydrogen-bond donors (Lipinski definition) is 2. The second-order valence-electron chi connectivity index (χ2n) is 4.32. The maximum absolute atomic E-state index is 12.1. The van der Waals surface area contributed by atoms with Crippen LogP contribution < -0.4 is 5.32 Å². The van der Waals surface area contributed by atoms with E-state index >= 15 is 0 Å². The van der Waals surface area contributed by atoms with Gasteiger partial charge in [-0.15, -0.1) is 0 Å². The van der Waals surface area contributed by atoms with E-state index in [2.05, 4.69) is 20.3 Å². The van der Waals surface area contributed by atoms with Gasteiger partial charge in [-0.1, -0.05) is 12.1 Å². The molecule has 0 atom stereocenters. The predicted molar refractivity (Wildman–Crippen MR) is 73.0 cm³/mol. The van der Waals surface area contributed by atoms with Crippen LogP contribution in [0.4, 0.5) is 5.69 Å². The van der Waals surface area contributed by atoms with E-state index in [1.807, 2.05) is 31.2 Å². The van der Waals surface area contributed by atoms with Crippen molar-refractivity contribution < 1.29 is 4.79 Å². The zero-order valence-corrected chi connectivity index (χ0v) is 10.3. The Balaban J connectivity index is 1.87. The highest BCUT2D eigenvalue weighted by Gasteiger charge is 2.08. The molecule has 0 radical (unpaired) electrons. The molecule has 0 aliphatic heterocycles. The molecule has 0 spiro atoms. The summed E-state index contributed by atoms with van der Waals surface area (Å²) < 4.78 is 0. The quantitative estimate of drug-likeness (QED) is 0.736. The minimum Gasteiger partial charge on any atom is -0.343 e. The van der Waals surface area contributed by atoms with E-state index in [9.17, 15) is 4.79 Å². The topological polar surface area (TPSA) is 70.7 Å². The van der Waals surface area contributed by atoms with Crippen molar-refractivity contribution in [1.82, 2.24) is 15.0 Å². The number of fused-ring (bicyclic) bond motifs is 1. The molecule has 0 aliphatic carbocycles. The van der Waals surface area contributed by atoms with Gasteiger partial charge in [-0.25, -0.2) is 9.97 Å². The first-order valence-electron chi connectivity index (χ1n) is 5.89. The third-order valence-electron chi connectivity index (χ3n) is 2.81. The summed E-state index contributed by atoms with van der Waals surface area (Å²) in [5.74, 6) is -0.186. The van der Waals surface area contributed by atoms with Crippen LogP contribution in [0.1, 0.15) is 15.9 Å².